The SMILES string of the molecule is O=c1[nH]nc(Cl)c2sccc12. The molecular formula is C6H3ClN2OS. The Morgan fingerprint density at radius 2 is 2.45 bits per heavy atom. The van der Waals surface area contributed by atoms with Crippen LogP contribution in [-0.4, -0.2) is 10.2 Å². The maximum atomic E-state index is 11.0. The van der Waals surface area contributed by atoms with Crippen LogP contribution in [0.15, 0.2) is 16.2 Å². The molecule has 1 N–H and O–H groups in total. The molecule has 0 amide bonds. The normalized spacial score (nSPS) is 10.6. The first-order chi connectivity index (χ1) is 5.29. The van der Waals surface area contributed by atoms with Gasteiger partial charge in [0.15, 0.2) is 5.15 Å². The van der Waals surface area contributed by atoms with Crippen LogP contribution in [0.3, 0.4) is 0 Å². The molecule has 2 rings (SSSR count). The Balaban J connectivity index is 3.08. The van der Waals surface area contributed by atoms with Gasteiger partial charge in [-0.15, -0.1) is 11.3 Å². The van der Waals surface area contributed by atoms with Crippen LogP contribution in [-0.2, 0) is 0 Å². The average molecular weight is 187 g/mol. The summed E-state index contributed by atoms with van der Waals surface area (Å²) in [5, 5.41) is 8.69. The molecule has 3 nitrogen and oxygen atoms in total. The molecular weight excluding hydrogens is 184 g/mol. The molecule has 0 atom stereocenters. The summed E-state index contributed by atoms with van der Waals surface area (Å²) in [4.78, 5) is 11.0. The van der Waals surface area contributed by atoms with E-state index in [-0.39, 0.29) is 5.56 Å². The van der Waals surface area contributed by atoms with Gasteiger partial charge in [-0.3, -0.25) is 4.79 Å². The lowest BCUT2D eigenvalue weighted by atomic mass is 10.4. The molecule has 11 heavy (non-hydrogen) atoms. The van der Waals surface area contributed by atoms with Crippen LogP contribution < -0.4 is 5.56 Å². The van der Waals surface area contributed by atoms with Crippen LogP contribution in [0, 0.1) is 0 Å². The first kappa shape index (κ1) is 6.82. The molecule has 2 heterocycles. The molecule has 2 aromatic rings. The summed E-state index contributed by atoms with van der Waals surface area (Å²) in [5.74, 6) is 0. The maximum Gasteiger partial charge on any atom is 0.272 e. The van der Waals surface area contributed by atoms with E-state index >= 15 is 0 Å². The van der Waals surface area contributed by atoms with Gasteiger partial charge in [0.2, 0.25) is 0 Å². The summed E-state index contributed by atoms with van der Waals surface area (Å²) >= 11 is 7.11. The second-order valence-electron chi connectivity index (χ2n) is 2.01. The third-order valence-electron chi connectivity index (χ3n) is 1.35. The van der Waals surface area contributed by atoms with E-state index in [1.54, 1.807) is 6.07 Å². The molecule has 56 valence electrons. The van der Waals surface area contributed by atoms with Gasteiger partial charge in [-0.2, -0.15) is 5.10 Å². The van der Waals surface area contributed by atoms with Gasteiger partial charge in [-0.25, -0.2) is 5.10 Å². The van der Waals surface area contributed by atoms with Crippen molar-refractivity contribution in [1.29, 1.82) is 0 Å². The highest BCUT2D eigenvalue weighted by molar-refractivity contribution is 7.17. The van der Waals surface area contributed by atoms with E-state index in [1.165, 1.54) is 11.3 Å². The molecule has 0 spiro atoms. The van der Waals surface area contributed by atoms with Crippen LogP contribution in [0.1, 0.15) is 0 Å². The summed E-state index contributed by atoms with van der Waals surface area (Å²) in [6, 6.07) is 1.73. The van der Waals surface area contributed by atoms with E-state index in [0.29, 0.717) is 10.5 Å². The van der Waals surface area contributed by atoms with Crippen LogP contribution >= 0.6 is 22.9 Å². The van der Waals surface area contributed by atoms with Crippen molar-refractivity contribution in [3.8, 4) is 0 Å². The minimum Gasteiger partial charge on any atom is -0.267 e. The molecule has 0 aliphatic rings. The zero-order chi connectivity index (χ0) is 7.84. The van der Waals surface area contributed by atoms with Crippen LogP contribution in [0.25, 0.3) is 10.1 Å². The molecule has 2 aromatic heterocycles. The quantitative estimate of drug-likeness (QED) is 0.680. The number of H-pyrrole nitrogens is 1. The van der Waals surface area contributed by atoms with Crippen molar-refractivity contribution in [2.24, 2.45) is 0 Å². The standard InChI is InChI=1S/C6H3ClN2OS/c7-5-4-3(1-2-11-4)6(10)9-8-5/h1-2H,(H,9,10). The third kappa shape index (κ3) is 0.948. The fourth-order valence-electron chi connectivity index (χ4n) is 0.859. The topological polar surface area (TPSA) is 45.8 Å². The van der Waals surface area contributed by atoms with E-state index in [4.69, 9.17) is 11.6 Å². The molecule has 0 radical (unpaired) electrons. The van der Waals surface area contributed by atoms with Gasteiger partial charge < -0.3 is 0 Å². The number of rotatable bonds is 0. The maximum absolute atomic E-state index is 11.0. The summed E-state index contributed by atoms with van der Waals surface area (Å²) in [7, 11) is 0. The monoisotopic (exact) mass is 186 g/mol. The number of hydrogen-bond acceptors (Lipinski definition) is 3. The molecule has 0 saturated heterocycles. The van der Waals surface area contributed by atoms with E-state index in [1.807, 2.05) is 5.38 Å². The molecule has 5 heteroatoms. The summed E-state index contributed by atoms with van der Waals surface area (Å²) < 4.78 is 0.746. The number of halogens is 1. The number of nitrogens with zero attached hydrogens (tertiary/aromatic N) is 1. The fraction of sp³-hybridized carbons (Fsp3) is 0. The van der Waals surface area contributed by atoms with Crippen molar-refractivity contribution in [3.05, 3.63) is 27.0 Å². The van der Waals surface area contributed by atoms with E-state index < -0.39 is 0 Å². The van der Waals surface area contributed by atoms with Gasteiger partial charge in [0.1, 0.15) is 0 Å². The Kier molecular flexibility index (Phi) is 1.44. The highest BCUT2D eigenvalue weighted by Crippen LogP contribution is 2.22. The van der Waals surface area contributed by atoms with E-state index in [2.05, 4.69) is 10.2 Å². The predicted molar refractivity (Wildman–Crippen MR) is 45.3 cm³/mol. The second-order valence-corrected chi connectivity index (χ2v) is 3.28. The second kappa shape index (κ2) is 2.32. The highest BCUT2D eigenvalue weighted by atomic mass is 35.5. The minimum absolute atomic E-state index is 0.189. The number of thiophene rings is 1. The molecule has 0 bridgehead atoms. The van der Waals surface area contributed by atoms with Gasteiger partial charge in [0, 0.05) is 0 Å². The molecule has 0 fully saturated rings. The lowest BCUT2D eigenvalue weighted by Gasteiger charge is -1.88. The number of aromatic amines is 1. The first-order valence-electron chi connectivity index (χ1n) is 2.90. The first-order valence-corrected chi connectivity index (χ1v) is 4.16. The van der Waals surface area contributed by atoms with Crippen molar-refractivity contribution in [3.63, 3.8) is 0 Å². The number of fused-ring (bicyclic) bond motifs is 1. The molecule has 0 aliphatic heterocycles. The Morgan fingerprint density at radius 1 is 1.64 bits per heavy atom. The van der Waals surface area contributed by atoms with Crippen molar-refractivity contribution in [2.75, 3.05) is 0 Å². The number of nitrogens with one attached hydrogen (secondary N) is 1. The number of hydrogen-bond donors (Lipinski definition) is 1. The van der Waals surface area contributed by atoms with E-state index in [9.17, 15) is 4.79 Å². The van der Waals surface area contributed by atoms with Crippen LogP contribution in [0.5, 0.6) is 0 Å². The third-order valence-corrected chi connectivity index (χ3v) is 2.66. The Bertz CT molecular complexity index is 447. The van der Waals surface area contributed by atoms with Crippen molar-refractivity contribution >= 4 is 33.0 Å². The van der Waals surface area contributed by atoms with Crippen molar-refractivity contribution < 1.29 is 0 Å². The highest BCUT2D eigenvalue weighted by Gasteiger charge is 2.03. The molecule has 0 saturated carbocycles. The summed E-state index contributed by atoms with van der Waals surface area (Å²) in [6.07, 6.45) is 0. The van der Waals surface area contributed by atoms with E-state index in [0.717, 1.165) is 4.70 Å². The summed E-state index contributed by atoms with van der Waals surface area (Å²) in [6.45, 7) is 0. The van der Waals surface area contributed by atoms with Crippen molar-refractivity contribution in [2.45, 2.75) is 0 Å². The van der Waals surface area contributed by atoms with Gasteiger partial charge in [-0.05, 0) is 11.4 Å². The minimum atomic E-state index is -0.189. The Labute approximate surface area is 70.6 Å². The molecule has 0 unspecified atom stereocenters. The van der Waals surface area contributed by atoms with Crippen LogP contribution in [0.2, 0.25) is 5.15 Å². The van der Waals surface area contributed by atoms with Gasteiger partial charge in [0.25, 0.3) is 5.56 Å². The molecule has 0 aromatic carbocycles. The summed E-state index contributed by atoms with van der Waals surface area (Å²) in [5.41, 5.74) is -0.189. The van der Waals surface area contributed by atoms with Gasteiger partial charge in [0.05, 0.1) is 10.1 Å². The van der Waals surface area contributed by atoms with Gasteiger partial charge in [-0.1, -0.05) is 11.6 Å². The lowest BCUT2D eigenvalue weighted by molar-refractivity contribution is 1.01. The largest absolute Gasteiger partial charge is 0.272 e. The Hall–Kier alpha value is -0.870. The lowest BCUT2D eigenvalue weighted by Crippen LogP contribution is -2.06. The molecule has 0 aliphatic carbocycles. The predicted octanol–water partition coefficient (Wildman–Crippen LogP) is 1.64. The van der Waals surface area contributed by atoms with Crippen molar-refractivity contribution in [1.82, 2.24) is 10.2 Å². The van der Waals surface area contributed by atoms with Crippen LogP contribution in [0.4, 0.5) is 0 Å². The number of aromatic nitrogens is 2. The zero-order valence-corrected chi connectivity index (χ0v) is 6.87. The smallest absolute Gasteiger partial charge is 0.267 e. The Morgan fingerprint density at radius 3 is 3.18 bits per heavy atom. The zero-order valence-electron chi connectivity index (χ0n) is 5.30. The average Bonchev–Trinajstić information content (AvgIpc) is 2.45. The fourth-order valence-corrected chi connectivity index (χ4v) is 1.91. The van der Waals surface area contributed by atoms with Gasteiger partial charge >= 0.3 is 0 Å².